The topological polar surface area (TPSA) is 82.5 Å². The third-order valence-electron chi connectivity index (χ3n) is 8.92. The summed E-state index contributed by atoms with van der Waals surface area (Å²) in [6.45, 7) is 7.43. The number of benzene rings is 2. The number of likely N-dealkylation sites (tertiary alicyclic amines) is 1. The van der Waals surface area contributed by atoms with Crippen molar-refractivity contribution in [2.75, 3.05) is 13.1 Å². The molecule has 3 aromatic rings. The normalized spacial score (nSPS) is 26.1. The molecule has 3 atom stereocenters. The number of aliphatic hydroxyl groups is 1. The highest BCUT2D eigenvalue weighted by molar-refractivity contribution is 6.01. The van der Waals surface area contributed by atoms with Crippen LogP contribution < -0.4 is 5.32 Å². The van der Waals surface area contributed by atoms with Gasteiger partial charge in [-0.25, -0.2) is 8.78 Å². The van der Waals surface area contributed by atoms with E-state index in [2.05, 4.69) is 15.2 Å². The Bertz CT molecular complexity index is 1440. The quantitative estimate of drug-likeness (QED) is 0.372. The number of nitrogens with one attached hydrogen (secondary N) is 1. The number of fused-ring (bicyclic) bond motifs is 1. The van der Waals surface area contributed by atoms with Crippen LogP contribution in [-0.4, -0.2) is 45.5 Å². The second-order valence-corrected chi connectivity index (χ2v) is 11.7. The van der Waals surface area contributed by atoms with Crippen molar-refractivity contribution in [2.24, 2.45) is 0 Å². The number of nitrogens with zero attached hydrogens (tertiary/aromatic N) is 2. The van der Waals surface area contributed by atoms with Crippen LogP contribution in [0.15, 0.2) is 48.7 Å². The maximum absolute atomic E-state index is 16.0. The number of carbonyl (C=O) groups is 2. The monoisotopic (exact) mass is 563 g/mol. The van der Waals surface area contributed by atoms with E-state index in [4.69, 9.17) is 0 Å². The molecule has 41 heavy (non-hydrogen) atoms. The maximum atomic E-state index is 16.0. The fourth-order valence-corrected chi connectivity index (χ4v) is 6.50. The van der Waals surface area contributed by atoms with Crippen molar-refractivity contribution >= 4 is 22.7 Å². The third-order valence-corrected chi connectivity index (χ3v) is 8.92. The molecule has 2 aliphatic heterocycles. The molecule has 8 heteroatoms. The van der Waals surface area contributed by atoms with E-state index in [1.807, 2.05) is 38.1 Å². The Morgan fingerprint density at radius 1 is 1.10 bits per heavy atom. The summed E-state index contributed by atoms with van der Waals surface area (Å²) in [5.41, 5.74) is 0.938. The van der Waals surface area contributed by atoms with Crippen LogP contribution in [0.5, 0.6) is 0 Å². The van der Waals surface area contributed by atoms with Gasteiger partial charge in [-0.1, -0.05) is 44.2 Å². The zero-order valence-electron chi connectivity index (χ0n) is 24.1. The first-order chi connectivity index (χ1) is 19.6. The Labute approximate surface area is 240 Å². The molecular weight excluding hydrogens is 524 g/mol. The number of pyridine rings is 1. The molecule has 0 spiro atoms. The number of β-amino-alcohol motifs (C(OH)–C–C–N with tert-alkyl or cyclic N) is 1. The average molecular weight is 564 g/mol. The molecule has 1 aliphatic carbocycles. The number of hydrogen-bond donors (Lipinski definition) is 2. The lowest BCUT2D eigenvalue weighted by Crippen LogP contribution is -2.50. The van der Waals surface area contributed by atoms with Crippen LogP contribution in [0.25, 0.3) is 10.9 Å². The van der Waals surface area contributed by atoms with Crippen LogP contribution in [-0.2, 0) is 21.8 Å². The average Bonchev–Trinajstić information content (AvgIpc) is 2.94. The number of hydrogen-bond acceptors (Lipinski definition) is 5. The zero-order chi connectivity index (χ0) is 29.4. The van der Waals surface area contributed by atoms with Gasteiger partial charge in [-0.15, -0.1) is 0 Å². The van der Waals surface area contributed by atoms with Crippen molar-refractivity contribution in [1.82, 2.24) is 15.2 Å². The van der Waals surface area contributed by atoms with Crippen molar-refractivity contribution < 1.29 is 23.5 Å². The summed E-state index contributed by atoms with van der Waals surface area (Å²) < 4.78 is 30.7. The third kappa shape index (κ3) is 5.77. The van der Waals surface area contributed by atoms with Gasteiger partial charge in [0.05, 0.1) is 17.0 Å². The van der Waals surface area contributed by atoms with Gasteiger partial charge in [0.1, 0.15) is 11.5 Å². The second-order valence-electron chi connectivity index (χ2n) is 11.7. The summed E-state index contributed by atoms with van der Waals surface area (Å²) in [6, 6.07) is 12.8. The Hall–Kier alpha value is -3.23. The maximum Gasteiger partial charge on any atom is 0.234 e. The first-order valence-electron chi connectivity index (χ1n) is 14.8. The lowest BCUT2D eigenvalue weighted by Gasteiger charge is -2.43. The Kier molecular flexibility index (Phi) is 8.26. The Morgan fingerprint density at radius 3 is 2.46 bits per heavy atom. The molecule has 3 aliphatic rings. The summed E-state index contributed by atoms with van der Waals surface area (Å²) in [6.07, 6.45) is 4.84. The molecule has 3 heterocycles. The first-order valence-corrected chi connectivity index (χ1v) is 14.8. The minimum absolute atomic E-state index is 0.235. The molecule has 0 bridgehead atoms. The standard InChI is InChI=1S/C31H33F2N3O3.C2H6/c1-30(39)18-36(17-19-3-5-21(6-4-19)31(33)12-2-13-31)14-11-25(30)23-7-9-26-24(28(23)32)15-20(16-34-26)22-8-10-27(37)35-29(22)38;1-2/h3-7,9,15-16,22,25,39H,2,8,10-14,17-18H2,1H3,(H,35,37,38);1-2H3. The van der Waals surface area contributed by atoms with Crippen LogP contribution in [0.2, 0.25) is 0 Å². The molecule has 2 saturated heterocycles. The molecule has 6 rings (SSSR count). The summed E-state index contributed by atoms with van der Waals surface area (Å²) in [5, 5.41) is 14.1. The van der Waals surface area contributed by atoms with Crippen LogP contribution in [0.3, 0.4) is 0 Å². The second kappa shape index (κ2) is 11.6. The van der Waals surface area contributed by atoms with E-state index in [0.717, 1.165) is 17.5 Å². The smallest absolute Gasteiger partial charge is 0.234 e. The van der Waals surface area contributed by atoms with Crippen molar-refractivity contribution in [3.05, 3.63) is 76.7 Å². The van der Waals surface area contributed by atoms with E-state index in [0.29, 0.717) is 67.3 Å². The number of alkyl halides is 1. The van der Waals surface area contributed by atoms with Crippen LogP contribution >= 0.6 is 0 Å². The molecule has 0 radical (unpaired) electrons. The van der Waals surface area contributed by atoms with E-state index in [1.165, 1.54) is 0 Å². The van der Waals surface area contributed by atoms with Crippen LogP contribution in [0.4, 0.5) is 8.78 Å². The molecule has 2 amide bonds. The van der Waals surface area contributed by atoms with Crippen molar-refractivity contribution in [3.63, 3.8) is 0 Å². The zero-order valence-corrected chi connectivity index (χ0v) is 24.1. The highest BCUT2D eigenvalue weighted by Crippen LogP contribution is 2.45. The number of amides is 2. The fourth-order valence-electron chi connectivity index (χ4n) is 6.50. The molecule has 6 nitrogen and oxygen atoms in total. The van der Waals surface area contributed by atoms with Crippen molar-refractivity contribution in [3.8, 4) is 0 Å². The molecule has 1 aromatic heterocycles. The minimum atomic E-state index is -1.18. The number of imide groups is 1. The van der Waals surface area contributed by atoms with E-state index >= 15 is 4.39 Å². The highest BCUT2D eigenvalue weighted by Gasteiger charge is 2.41. The summed E-state index contributed by atoms with van der Waals surface area (Å²) in [7, 11) is 0. The van der Waals surface area contributed by atoms with Gasteiger partial charge in [-0.2, -0.15) is 0 Å². The predicted molar refractivity (Wildman–Crippen MR) is 155 cm³/mol. The van der Waals surface area contributed by atoms with E-state index in [-0.39, 0.29) is 18.2 Å². The number of aromatic nitrogens is 1. The van der Waals surface area contributed by atoms with Gasteiger partial charge in [-0.05, 0) is 80.0 Å². The molecule has 3 fully saturated rings. The van der Waals surface area contributed by atoms with Crippen LogP contribution in [0, 0.1) is 5.82 Å². The summed E-state index contributed by atoms with van der Waals surface area (Å²) >= 11 is 0. The van der Waals surface area contributed by atoms with Crippen LogP contribution in [0.1, 0.15) is 93.4 Å². The van der Waals surface area contributed by atoms with E-state index in [9.17, 15) is 19.1 Å². The predicted octanol–water partition coefficient (Wildman–Crippen LogP) is 6.01. The van der Waals surface area contributed by atoms with E-state index < -0.39 is 28.9 Å². The first kappa shape index (κ1) is 29.3. The lowest BCUT2D eigenvalue weighted by atomic mass is 9.76. The largest absolute Gasteiger partial charge is 0.388 e. The van der Waals surface area contributed by atoms with Gasteiger partial charge in [0.15, 0.2) is 0 Å². The van der Waals surface area contributed by atoms with Gasteiger partial charge in [0.25, 0.3) is 0 Å². The number of halogens is 2. The van der Waals surface area contributed by atoms with Gasteiger partial charge < -0.3 is 5.11 Å². The number of piperidine rings is 2. The molecule has 218 valence electrons. The summed E-state index contributed by atoms with van der Waals surface area (Å²) in [5.74, 6) is -2.08. The SMILES string of the molecule is CC.CC1(O)CN(Cc2ccc(C3(F)CCC3)cc2)CCC1c1ccc2ncc(C3CCC(=O)NC3=O)cc2c1F. The van der Waals surface area contributed by atoms with Gasteiger partial charge in [-0.3, -0.25) is 24.8 Å². The minimum Gasteiger partial charge on any atom is -0.388 e. The van der Waals surface area contributed by atoms with E-state index in [1.54, 1.807) is 31.3 Å². The highest BCUT2D eigenvalue weighted by atomic mass is 19.1. The van der Waals surface area contributed by atoms with Crippen molar-refractivity contribution in [1.29, 1.82) is 0 Å². The van der Waals surface area contributed by atoms with Gasteiger partial charge >= 0.3 is 0 Å². The molecular formula is C33H39F2N3O3. The fraction of sp³-hybridized carbons (Fsp3) is 0.485. The Balaban J connectivity index is 0.00000165. The van der Waals surface area contributed by atoms with Gasteiger partial charge in [0, 0.05) is 37.0 Å². The molecule has 2 aromatic carbocycles. The number of carbonyl (C=O) groups excluding carboxylic acids is 2. The molecule has 3 unspecified atom stereocenters. The van der Waals surface area contributed by atoms with Crippen molar-refractivity contribution in [2.45, 2.75) is 88.9 Å². The lowest BCUT2D eigenvalue weighted by molar-refractivity contribution is -0.134. The number of rotatable bonds is 5. The Morgan fingerprint density at radius 2 is 1.83 bits per heavy atom. The summed E-state index contributed by atoms with van der Waals surface area (Å²) in [4.78, 5) is 30.4. The molecule has 2 N–H and O–H groups in total. The van der Waals surface area contributed by atoms with Gasteiger partial charge in [0.2, 0.25) is 11.8 Å². The molecule has 1 saturated carbocycles.